The zero-order chi connectivity index (χ0) is 96.4. The molecule has 2 aromatic carbocycles. The van der Waals surface area contributed by atoms with E-state index in [0.29, 0.717) is 0 Å². The number of benzene rings is 2. The summed E-state index contributed by atoms with van der Waals surface area (Å²) in [6.07, 6.45) is 59.1. The van der Waals surface area contributed by atoms with Crippen molar-refractivity contribution in [1.82, 2.24) is 0 Å². The second kappa shape index (κ2) is 74.4. The van der Waals surface area contributed by atoms with E-state index in [1.807, 2.05) is 6.08 Å². The SMILES string of the molecule is C=CCC[N-][Si](C)(C)C1CC(CCCCCCOC(C)(C)C)C2CCCCC21.CC(C)(C)OCCCCCCC1CC([Si](C)(C)[N-]c2ccccc2)C2CCCCC12.CC(C)(C)OCCCCCC[N-][Si](C)(C)C1CC(Cc2ccccc2)C2CCCCC21.CC(C)(C)[N-]C(C)(C)C1CC(CCCCCCOC(C)(C)C)C2CCCCC21.[CH3-].[CH3-].[CH3-].[CH3-].[Cl][Ti][Cl].[Cl][Ti][Cl].[Cl][Ti][Cl].[Cl][Ti][Cl]. The van der Waals surface area contributed by atoms with Crippen molar-refractivity contribution >= 4 is 105 Å². The summed E-state index contributed by atoms with van der Waals surface area (Å²) < 4.78 is 23.4. The van der Waals surface area contributed by atoms with E-state index in [4.69, 9.17) is 114 Å². The van der Waals surface area contributed by atoms with Gasteiger partial charge < -0.3 is 68.9 Å². The van der Waals surface area contributed by atoms with E-state index in [0.717, 1.165) is 139 Å². The molecule has 0 heterocycles. The average molecular weight is 2210 g/mol. The van der Waals surface area contributed by atoms with Crippen LogP contribution in [-0.2, 0) is 93.5 Å². The topological polar surface area (TPSA) is 93.3 Å². The first-order chi connectivity index (χ1) is 60.8. The van der Waals surface area contributed by atoms with Gasteiger partial charge in [0.25, 0.3) is 0 Å². The van der Waals surface area contributed by atoms with Crippen molar-refractivity contribution < 1.29 is 87.1 Å². The number of ether oxygens (including phenoxy) is 4. The molecule has 16 atom stereocenters. The van der Waals surface area contributed by atoms with E-state index in [9.17, 15) is 0 Å². The van der Waals surface area contributed by atoms with E-state index < -0.39 is 92.8 Å². The van der Waals surface area contributed by atoms with E-state index >= 15 is 0 Å². The third-order valence-corrected chi connectivity index (χ3v) is 40.3. The van der Waals surface area contributed by atoms with Crippen molar-refractivity contribution in [2.45, 2.75) is 470 Å². The molecular formula is C110H204Cl8N4O4Si3Ti4-8. The van der Waals surface area contributed by atoms with Crippen LogP contribution in [0.1, 0.15) is 380 Å². The maximum absolute atomic E-state index is 5.87. The van der Waals surface area contributed by atoms with Crippen LogP contribution < -0.4 is 0 Å². The average Bonchev–Trinajstić information content (AvgIpc) is 1.64. The summed E-state index contributed by atoms with van der Waals surface area (Å²) in [5, 5.41) is 5.28. The third kappa shape index (κ3) is 58.9. The van der Waals surface area contributed by atoms with Crippen LogP contribution in [0.2, 0.25) is 55.9 Å². The summed E-state index contributed by atoms with van der Waals surface area (Å²) in [6, 6.07) is 22.0. The fourth-order valence-electron chi connectivity index (χ4n) is 24.8. The van der Waals surface area contributed by atoms with Gasteiger partial charge in [0.15, 0.2) is 0 Å². The van der Waals surface area contributed by atoms with Gasteiger partial charge in [-0.25, -0.2) is 0 Å². The number of hydrogen-bond acceptors (Lipinski definition) is 4. The van der Waals surface area contributed by atoms with Gasteiger partial charge >= 0.3 is 143 Å². The molecule has 2 aromatic rings. The Balaban J connectivity index is 0. The fraction of sp³-hybridized carbons (Fsp3) is 0.836. The normalized spacial score (nSPS) is 24.9. The van der Waals surface area contributed by atoms with Crippen molar-refractivity contribution in [3.05, 3.63) is 129 Å². The van der Waals surface area contributed by atoms with Gasteiger partial charge in [0.1, 0.15) is 0 Å². The minimum absolute atomic E-state index is 0. The van der Waals surface area contributed by atoms with Gasteiger partial charge in [-0.3, -0.25) is 0 Å². The van der Waals surface area contributed by atoms with Gasteiger partial charge in [-0.2, -0.15) is 6.54 Å². The molecule has 780 valence electrons. The van der Waals surface area contributed by atoms with Crippen LogP contribution >= 0.6 is 74.4 Å². The first kappa shape index (κ1) is 139. The summed E-state index contributed by atoms with van der Waals surface area (Å²) >= 11 is -2.22. The number of unbranched alkanes of at least 4 members (excludes halogenated alkanes) is 12. The Morgan fingerprint density at radius 1 is 0.346 bits per heavy atom. The van der Waals surface area contributed by atoms with Gasteiger partial charge in [-0.15, -0.1) is 29.9 Å². The Labute approximate surface area is 897 Å². The molecule has 23 heteroatoms. The van der Waals surface area contributed by atoms with Gasteiger partial charge in [0, 0.05) is 26.4 Å². The summed E-state index contributed by atoms with van der Waals surface area (Å²) in [4.78, 5) is 16.1. The molecule has 8 nitrogen and oxygen atoms in total. The molecule has 133 heavy (non-hydrogen) atoms. The molecule has 0 amide bonds. The van der Waals surface area contributed by atoms with Gasteiger partial charge in [0.2, 0.25) is 0 Å². The quantitative estimate of drug-likeness (QED) is 0.0286. The second-order valence-electron chi connectivity index (χ2n) is 46.9. The molecule has 16 unspecified atom stereocenters. The van der Waals surface area contributed by atoms with Crippen molar-refractivity contribution in [3.63, 3.8) is 0 Å². The number of halogens is 8. The van der Waals surface area contributed by atoms with Crippen LogP contribution in [-0.4, -0.2) is 97.7 Å². The van der Waals surface area contributed by atoms with Crippen LogP contribution in [0.3, 0.4) is 0 Å². The van der Waals surface area contributed by atoms with Crippen LogP contribution in [0, 0.1) is 107 Å². The Kier molecular flexibility index (Phi) is 77.5. The zero-order valence-corrected chi connectivity index (χ0v) is 106. The maximum atomic E-state index is 5.87. The molecular weight excluding hydrogens is 2000 g/mol. The summed E-state index contributed by atoms with van der Waals surface area (Å²) in [7, 11) is 34.5. The Hall–Kier alpha value is 3.53. The first-order valence-corrected chi connectivity index (χ1v) is 78.0. The number of fused-ring (bicyclic) bond motifs is 4. The predicted molar refractivity (Wildman–Crippen MR) is 592 cm³/mol. The third-order valence-electron chi connectivity index (χ3n) is 30.0. The molecule has 0 spiro atoms. The molecule has 8 aliphatic rings. The Bertz CT molecular complexity index is 3090. The zero-order valence-electron chi connectivity index (χ0n) is 90.5. The Morgan fingerprint density at radius 3 is 0.962 bits per heavy atom. The van der Waals surface area contributed by atoms with Crippen molar-refractivity contribution in [3.8, 4) is 0 Å². The fourth-order valence-corrected chi connectivity index (χ4v) is 34.7. The number of rotatable bonds is 42. The monoisotopic (exact) mass is 2200 g/mol. The van der Waals surface area contributed by atoms with E-state index in [2.05, 4.69) is 224 Å². The van der Waals surface area contributed by atoms with Crippen molar-refractivity contribution in [2.24, 2.45) is 76.9 Å². The molecule has 8 aliphatic carbocycles. The molecule has 0 aromatic heterocycles. The summed E-state index contributed by atoms with van der Waals surface area (Å²) in [6.45, 7) is 62.4. The van der Waals surface area contributed by atoms with E-state index in [1.54, 1.807) is 5.56 Å². The molecule has 8 saturated carbocycles. The molecule has 0 N–H and O–H groups in total. The number of nitrogens with zero attached hydrogens (tertiary/aromatic N) is 4. The van der Waals surface area contributed by atoms with Crippen molar-refractivity contribution in [2.75, 3.05) is 39.5 Å². The molecule has 0 radical (unpaired) electrons. The molecule has 10 rings (SSSR count). The second-order valence-corrected chi connectivity index (χ2v) is 70.2. The first-order valence-electron chi connectivity index (χ1n) is 51.8. The van der Waals surface area contributed by atoms with E-state index in [-0.39, 0.29) is 63.2 Å². The van der Waals surface area contributed by atoms with Crippen LogP contribution in [0.5, 0.6) is 0 Å². The molecule has 0 saturated heterocycles. The predicted octanol–water partition coefficient (Wildman–Crippen LogP) is 40.8. The number of hydrogen-bond donors (Lipinski definition) is 0. The minimum atomic E-state index is -1.64. The van der Waals surface area contributed by atoms with Crippen LogP contribution in [0.25, 0.3) is 20.3 Å². The molecule has 0 bridgehead atoms. The summed E-state index contributed by atoms with van der Waals surface area (Å²) in [5.74, 6) is 12.4. The van der Waals surface area contributed by atoms with Gasteiger partial charge in [-0.1, -0.05) is 372 Å². The van der Waals surface area contributed by atoms with Crippen LogP contribution in [0.4, 0.5) is 5.69 Å². The van der Waals surface area contributed by atoms with Gasteiger partial charge in [-0.05, 0) is 239 Å². The van der Waals surface area contributed by atoms with Crippen molar-refractivity contribution in [1.29, 1.82) is 0 Å². The summed E-state index contributed by atoms with van der Waals surface area (Å²) in [5.41, 5.74) is 5.72. The van der Waals surface area contributed by atoms with Crippen LogP contribution in [0.15, 0.2) is 73.3 Å². The molecule has 8 fully saturated rings. The standard InChI is InChI=1S/C28H48NOSi.C27H46NOSi.C26H50NO.C25H48NOSi.4CH3.8ClH.4Ti/c1-28(2,3)30-20-14-7-6-13-19-29-31(4,5)27-22-24(21-23-15-9-8-10-16-23)25-17-11-12-18-26(25)27;1-27(2,3)29-20-14-7-6-9-15-22-21-26(25-19-13-12-18-24(22)25)30(4,5)28-23-16-10-8-11-17-23;1-24(2,3)27-26(7,8)23-19-20(21-16-12-13-17-22(21)23)15-11-9-10-14-18-28-25(4,5)6;1-7-8-18-26-28(5,6)24-20-21(22-16-12-13-17-23(22)24)15-11-9-10-14-19-27-25(2,3)4;;;;;;;;;;;;;;;;/h8-10,15-16,24-27H,6-7,11-14,17-22H2,1-5H3;8,10-11,16-17,22,24-26H,6-7,9,12-15,18-21H2,1-5H3;20-23H,9-19H2,1-8H3;7,21-24H,1,8-20H2,2-6H3;4*1H3;8*1H;;;;/q8*-1;;;;;;;;;4*+2/p-8. The molecule has 0 aliphatic heterocycles. The van der Waals surface area contributed by atoms with E-state index in [1.165, 1.54) is 263 Å². The van der Waals surface area contributed by atoms with Gasteiger partial charge in [0.05, 0.1) is 22.4 Å². The Morgan fingerprint density at radius 2 is 0.624 bits per heavy atom.